The number of rotatable bonds is 2. The number of benzene rings is 1. The summed E-state index contributed by atoms with van der Waals surface area (Å²) in [7, 11) is 1.00. The maximum absolute atomic E-state index is 11.6. The fourth-order valence-electron chi connectivity index (χ4n) is 0.928. The molecular formula is C10H11F3O3. The van der Waals surface area contributed by atoms with E-state index in [1.807, 2.05) is 0 Å². The van der Waals surface area contributed by atoms with E-state index in [9.17, 15) is 18.0 Å². The van der Waals surface area contributed by atoms with Crippen molar-refractivity contribution >= 4 is 5.97 Å². The van der Waals surface area contributed by atoms with Crippen molar-refractivity contribution in [2.24, 2.45) is 0 Å². The first-order valence-corrected chi connectivity index (χ1v) is 4.24. The summed E-state index contributed by atoms with van der Waals surface area (Å²) in [6, 6.07) is 8.08. The Labute approximate surface area is 90.5 Å². The summed E-state index contributed by atoms with van der Waals surface area (Å²) < 4.78 is 37.9. The molecule has 0 aliphatic rings. The summed E-state index contributed by atoms with van der Waals surface area (Å²) >= 11 is 0. The molecule has 0 aliphatic carbocycles. The van der Waals surface area contributed by atoms with Gasteiger partial charge < -0.3 is 9.84 Å². The molecule has 0 radical (unpaired) electrons. The lowest BCUT2D eigenvalue weighted by molar-refractivity contribution is -0.305. The summed E-state index contributed by atoms with van der Waals surface area (Å²) in [6.45, 7) is 0. The molecule has 0 saturated carbocycles. The van der Waals surface area contributed by atoms with Gasteiger partial charge in [0.15, 0.2) is 0 Å². The molecule has 0 fully saturated rings. The number of ether oxygens (including phenoxy) is 1. The lowest BCUT2D eigenvalue weighted by atomic mass is 10.2. The maximum atomic E-state index is 11.6. The Morgan fingerprint density at radius 3 is 2.19 bits per heavy atom. The second-order valence-electron chi connectivity index (χ2n) is 2.58. The Bertz CT molecular complexity index is 309. The first kappa shape index (κ1) is 14.4. The van der Waals surface area contributed by atoms with Crippen LogP contribution in [-0.4, -0.2) is 24.5 Å². The van der Waals surface area contributed by atoms with E-state index in [2.05, 4.69) is 4.74 Å². The minimum Gasteiger partial charge on any atom is -0.400 e. The highest BCUT2D eigenvalue weighted by molar-refractivity contribution is 5.72. The van der Waals surface area contributed by atoms with Gasteiger partial charge in [-0.15, -0.1) is 13.2 Å². The molecule has 0 atom stereocenters. The zero-order valence-electron chi connectivity index (χ0n) is 8.49. The van der Waals surface area contributed by atoms with Gasteiger partial charge in [-0.05, 0) is 5.56 Å². The fraction of sp³-hybridized carbons (Fsp3) is 0.300. The first-order valence-electron chi connectivity index (χ1n) is 4.24. The summed E-state index contributed by atoms with van der Waals surface area (Å²) in [5.41, 5.74) is 0.488. The zero-order chi connectivity index (χ0) is 12.6. The van der Waals surface area contributed by atoms with E-state index in [1.165, 1.54) is 0 Å². The molecule has 1 aromatic carbocycles. The molecule has 0 aromatic heterocycles. The minimum atomic E-state index is -4.90. The number of carbonyl (C=O) groups excluding carboxylic acids is 1. The number of halogens is 3. The molecule has 0 amide bonds. The van der Waals surface area contributed by atoms with Crippen molar-refractivity contribution in [3.63, 3.8) is 0 Å². The van der Waals surface area contributed by atoms with Crippen molar-refractivity contribution in [1.29, 1.82) is 0 Å². The van der Waals surface area contributed by atoms with Crippen LogP contribution in [0.2, 0.25) is 0 Å². The number of hydrogen-bond acceptors (Lipinski definition) is 3. The largest absolute Gasteiger partial charge is 0.575 e. The van der Waals surface area contributed by atoms with E-state index < -0.39 is 12.3 Å². The van der Waals surface area contributed by atoms with E-state index in [0.29, 0.717) is 5.56 Å². The summed E-state index contributed by atoms with van der Waals surface area (Å²) in [5, 5.41) is 7.00. The van der Waals surface area contributed by atoms with Crippen LogP contribution in [0.4, 0.5) is 13.2 Å². The Hall–Kier alpha value is -1.56. The number of hydrogen-bond donors (Lipinski definition) is 1. The van der Waals surface area contributed by atoms with Crippen LogP contribution < -0.4 is 0 Å². The highest BCUT2D eigenvalue weighted by Crippen LogP contribution is 2.17. The highest BCUT2D eigenvalue weighted by atomic mass is 19.4. The molecule has 0 aliphatic heterocycles. The van der Waals surface area contributed by atoms with Crippen molar-refractivity contribution < 1.29 is 27.8 Å². The molecule has 0 bridgehead atoms. The Kier molecular flexibility index (Phi) is 6.17. The minimum absolute atomic E-state index is 0.375. The van der Waals surface area contributed by atoms with E-state index >= 15 is 0 Å². The number of esters is 1. The highest BCUT2D eigenvalue weighted by Gasteiger charge is 2.33. The molecule has 1 N–H and O–H groups in total. The predicted molar refractivity (Wildman–Crippen MR) is 50.4 cm³/mol. The van der Waals surface area contributed by atoms with Crippen LogP contribution in [0.3, 0.4) is 0 Å². The second kappa shape index (κ2) is 6.84. The van der Waals surface area contributed by atoms with Gasteiger partial charge in [-0.25, -0.2) is 0 Å². The third-order valence-corrected chi connectivity index (χ3v) is 1.42. The van der Waals surface area contributed by atoms with Gasteiger partial charge in [-0.3, -0.25) is 4.79 Å². The van der Waals surface area contributed by atoms with Crippen LogP contribution in [0.25, 0.3) is 0 Å². The molecule has 1 aromatic rings. The molecule has 0 heterocycles. The molecule has 90 valence electrons. The number of aliphatic hydroxyl groups excluding tert-OH is 1. The van der Waals surface area contributed by atoms with Gasteiger partial charge in [0.2, 0.25) is 0 Å². The summed E-state index contributed by atoms with van der Waals surface area (Å²) in [4.78, 5) is 10.7. The molecule has 16 heavy (non-hydrogen) atoms. The first-order chi connectivity index (χ1) is 7.47. The second-order valence-corrected chi connectivity index (χ2v) is 2.58. The third kappa shape index (κ3) is 6.83. The standard InChI is InChI=1S/C9H7F3O2.CH4O/c10-9(11,12)14-8(13)6-7-4-2-1-3-5-7;1-2/h1-5H,6H2;2H,1H3. The summed E-state index contributed by atoms with van der Waals surface area (Å²) in [5.74, 6) is -1.30. The van der Waals surface area contributed by atoms with E-state index in [-0.39, 0.29) is 6.42 Å². The van der Waals surface area contributed by atoms with E-state index in [1.54, 1.807) is 30.3 Å². The maximum Gasteiger partial charge on any atom is 0.575 e. The van der Waals surface area contributed by atoms with Crippen LogP contribution in [0.15, 0.2) is 30.3 Å². The van der Waals surface area contributed by atoms with Crippen molar-refractivity contribution in [1.82, 2.24) is 0 Å². The predicted octanol–water partition coefficient (Wildman–Crippen LogP) is 1.90. The van der Waals surface area contributed by atoms with E-state index in [4.69, 9.17) is 5.11 Å². The lowest BCUT2D eigenvalue weighted by Gasteiger charge is -2.06. The van der Waals surface area contributed by atoms with Gasteiger partial charge in [-0.2, -0.15) is 0 Å². The molecule has 0 unspecified atom stereocenters. The smallest absolute Gasteiger partial charge is 0.400 e. The van der Waals surface area contributed by atoms with Crippen molar-refractivity contribution in [3.05, 3.63) is 35.9 Å². The van der Waals surface area contributed by atoms with Crippen LogP contribution in [0.1, 0.15) is 5.56 Å². The number of aliphatic hydroxyl groups is 1. The van der Waals surface area contributed by atoms with Gasteiger partial charge >= 0.3 is 12.3 Å². The molecule has 6 heteroatoms. The van der Waals surface area contributed by atoms with Gasteiger partial charge in [0, 0.05) is 7.11 Å². The Balaban J connectivity index is 0.00000106. The topological polar surface area (TPSA) is 46.5 Å². The van der Waals surface area contributed by atoms with Crippen molar-refractivity contribution in [2.75, 3.05) is 7.11 Å². The fourth-order valence-corrected chi connectivity index (χ4v) is 0.928. The molecule has 1 rings (SSSR count). The lowest BCUT2D eigenvalue weighted by Crippen LogP contribution is -2.20. The molecular weight excluding hydrogens is 225 g/mol. The number of alkyl halides is 3. The zero-order valence-corrected chi connectivity index (χ0v) is 8.49. The van der Waals surface area contributed by atoms with Crippen LogP contribution in [0, 0.1) is 0 Å². The van der Waals surface area contributed by atoms with Crippen LogP contribution >= 0.6 is 0 Å². The van der Waals surface area contributed by atoms with Crippen LogP contribution in [-0.2, 0) is 16.0 Å². The van der Waals surface area contributed by atoms with Gasteiger partial charge in [0.05, 0.1) is 6.42 Å². The SMILES string of the molecule is CO.O=C(Cc1ccccc1)OC(F)(F)F. The van der Waals surface area contributed by atoms with Gasteiger partial charge in [0.25, 0.3) is 0 Å². The number of carbonyl (C=O) groups is 1. The monoisotopic (exact) mass is 236 g/mol. The average Bonchev–Trinajstić information content (AvgIpc) is 2.19. The van der Waals surface area contributed by atoms with Gasteiger partial charge in [0.1, 0.15) is 0 Å². The quantitative estimate of drug-likeness (QED) is 0.798. The van der Waals surface area contributed by atoms with Gasteiger partial charge in [-0.1, -0.05) is 30.3 Å². The third-order valence-electron chi connectivity index (χ3n) is 1.42. The average molecular weight is 236 g/mol. The van der Waals surface area contributed by atoms with Crippen molar-refractivity contribution in [2.45, 2.75) is 12.8 Å². The summed E-state index contributed by atoms with van der Waals surface area (Å²) in [6.07, 6.45) is -5.27. The Morgan fingerprint density at radius 1 is 1.25 bits per heavy atom. The molecule has 0 spiro atoms. The Morgan fingerprint density at radius 2 is 1.75 bits per heavy atom. The molecule has 3 nitrogen and oxygen atoms in total. The molecule has 0 saturated heterocycles. The van der Waals surface area contributed by atoms with E-state index in [0.717, 1.165) is 7.11 Å². The van der Waals surface area contributed by atoms with Crippen molar-refractivity contribution in [3.8, 4) is 0 Å². The normalized spacial score (nSPS) is 10.1. The van der Waals surface area contributed by atoms with Crippen LogP contribution in [0.5, 0.6) is 0 Å².